The van der Waals surface area contributed by atoms with Gasteiger partial charge >= 0.3 is 0 Å². The van der Waals surface area contributed by atoms with Crippen LogP contribution >= 0.6 is 0 Å². The molecule has 2 aromatic rings. The van der Waals surface area contributed by atoms with E-state index in [4.69, 9.17) is 0 Å². The summed E-state index contributed by atoms with van der Waals surface area (Å²) in [5.41, 5.74) is 1.38. The maximum Gasteiger partial charge on any atom is 0.272 e. The van der Waals surface area contributed by atoms with E-state index in [1.165, 1.54) is 0 Å². The molecule has 1 aromatic heterocycles. The van der Waals surface area contributed by atoms with Gasteiger partial charge in [-0.1, -0.05) is 38.5 Å². The number of para-hydroxylation sites is 1. The van der Waals surface area contributed by atoms with Crippen molar-refractivity contribution in [3.05, 3.63) is 30.0 Å². The van der Waals surface area contributed by atoms with Gasteiger partial charge in [0, 0.05) is 11.4 Å². The zero-order valence-corrected chi connectivity index (χ0v) is 10.9. The molecule has 1 atom stereocenters. The topological polar surface area (TPSA) is 57.8 Å². The maximum absolute atomic E-state index is 12.2. The minimum atomic E-state index is -0.0900. The molecule has 1 amide bonds. The number of benzene rings is 1. The second-order valence-corrected chi connectivity index (χ2v) is 4.49. The van der Waals surface area contributed by atoms with Crippen LogP contribution in [0.4, 0.5) is 0 Å². The van der Waals surface area contributed by atoms with E-state index in [-0.39, 0.29) is 11.9 Å². The van der Waals surface area contributed by atoms with Crippen molar-refractivity contribution in [2.75, 3.05) is 0 Å². The normalized spacial score (nSPS) is 12.6. The first-order chi connectivity index (χ1) is 8.76. The molecule has 0 fully saturated rings. The van der Waals surface area contributed by atoms with Gasteiger partial charge < -0.3 is 5.32 Å². The third-order valence-electron chi connectivity index (χ3n) is 3.15. The van der Waals surface area contributed by atoms with E-state index in [1.54, 1.807) is 0 Å². The molecule has 0 saturated carbocycles. The predicted molar refractivity (Wildman–Crippen MR) is 72.5 cm³/mol. The number of hydrogen-bond donors (Lipinski definition) is 2. The van der Waals surface area contributed by atoms with Crippen LogP contribution in [0.3, 0.4) is 0 Å². The van der Waals surface area contributed by atoms with Crippen LogP contribution in [-0.2, 0) is 0 Å². The van der Waals surface area contributed by atoms with E-state index >= 15 is 0 Å². The van der Waals surface area contributed by atoms with E-state index in [0.29, 0.717) is 5.69 Å². The van der Waals surface area contributed by atoms with Crippen LogP contribution in [0.25, 0.3) is 10.9 Å². The molecule has 2 rings (SSSR count). The van der Waals surface area contributed by atoms with Crippen molar-refractivity contribution in [3.63, 3.8) is 0 Å². The molecule has 4 nitrogen and oxygen atoms in total. The average Bonchev–Trinajstić information content (AvgIpc) is 2.82. The first kappa shape index (κ1) is 12.6. The Labute approximate surface area is 107 Å². The van der Waals surface area contributed by atoms with Crippen molar-refractivity contribution in [2.24, 2.45) is 0 Å². The average molecular weight is 245 g/mol. The largest absolute Gasteiger partial charge is 0.348 e. The van der Waals surface area contributed by atoms with Crippen molar-refractivity contribution in [3.8, 4) is 0 Å². The first-order valence-electron chi connectivity index (χ1n) is 6.50. The zero-order chi connectivity index (χ0) is 13.0. The summed E-state index contributed by atoms with van der Waals surface area (Å²) in [5.74, 6) is -0.0900. The summed E-state index contributed by atoms with van der Waals surface area (Å²) in [6, 6.07) is 7.90. The molecular formula is C14H19N3O. The highest BCUT2D eigenvalue weighted by Gasteiger charge is 2.16. The molecule has 0 aliphatic heterocycles. The smallest absolute Gasteiger partial charge is 0.272 e. The van der Waals surface area contributed by atoms with E-state index in [0.717, 1.165) is 30.2 Å². The van der Waals surface area contributed by atoms with Gasteiger partial charge in [-0.05, 0) is 18.9 Å². The van der Waals surface area contributed by atoms with Crippen molar-refractivity contribution in [2.45, 2.75) is 39.2 Å². The van der Waals surface area contributed by atoms with Gasteiger partial charge in [0.05, 0.1) is 5.52 Å². The Morgan fingerprint density at radius 3 is 2.89 bits per heavy atom. The number of hydrogen-bond acceptors (Lipinski definition) is 2. The zero-order valence-electron chi connectivity index (χ0n) is 10.9. The molecule has 1 aromatic carbocycles. The van der Waals surface area contributed by atoms with Crippen LogP contribution in [0.5, 0.6) is 0 Å². The minimum Gasteiger partial charge on any atom is -0.348 e. The SMILES string of the molecule is CCCC(CC)NC(=O)c1n[nH]c2ccccc12. The first-order valence-corrected chi connectivity index (χ1v) is 6.50. The highest BCUT2D eigenvalue weighted by molar-refractivity contribution is 6.04. The Morgan fingerprint density at radius 1 is 1.39 bits per heavy atom. The lowest BCUT2D eigenvalue weighted by Crippen LogP contribution is -2.34. The molecule has 0 spiro atoms. The van der Waals surface area contributed by atoms with Gasteiger partial charge in [0.15, 0.2) is 5.69 Å². The van der Waals surface area contributed by atoms with Gasteiger partial charge in [0.1, 0.15) is 0 Å². The Bertz CT molecular complexity index is 533. The van der Waals surface area contributed by atoms with E-state index in [1.807, 2.05) is 24.3 Å². The lowest BCUT2D eigenvalue weighted by Gasteiger charge is -2.15. The fraction of sp³-hybridized carbons (Fsp3) is 0.429. The third kappa shape index (κ3) is 2.53. The second-order valence-electron chi connectivity index (χ2n) is 4.49. The highest BCUT2D eigenvalue weighted by Crippen LogP contribution is 2.15. The van der Waals surface area contributed by atoms with Crippen molar-refractivity contribution in [1.29, 1.82) is 0 Å². The van der Waals surface area contributed by atoms with Crippen molar-refractivity contribution >= 4 is 16.8 Å². The fourth-order valence-electron chi connectivity index (χ4n) is 2.12. The number of nitrogens with zero attached hydrogens (tertiary/aromatic N) is 1. The molecule has 1 heterocycles. The lowest BCUT2D eigenvalue weighted by atomic mass is 10.1. The Morgan fingerprint density at radius 2 is 2.17 bits per heavy atom. The van der Waals surface area contributed by atoms with Crippen LogP contribution in [0.1, 0.15) is 43.6 Å². The number of fused-ring (bicyclic) bond motifs is 1. The molecule has 96 valence electrons. The third-order valence-corrected chi connectivity index (χ3v) is 3.15. The molecule has 0 bridgehead atoms. The standard InChI is InChI=1S/C14H19N3O/c1-3-7-10(4-2)15-14(18)13-11-8-5-6-9-12(11)16-17-13/h5-6,8-10H,3-4,7H2,1-2H3,(H,15,18)(H,16,17). The molecule has 1 unspecified atom stereocenters. The Hall–Kier alpha value is -1.84. The molecule has 0 radical (unpaired) electrons. The molecule has 18 heavy (non-hydrogen) atoms. The number of aromatic nitrogens is 2. The van der Waals surface area contributed by atoms with Crippen LogP contribution in [0.15, 0.2) is 24.3 Å². The maximum atomic E-state index is 12.2. The van der Waals surface area contributed by atoms with Gasteiger partial charge in [-0.15, -0.1) is 0 Å². The molecule has 4 heteroatoms. The van der Waals surface area contributed by atoms with Crippen LogP contribution in [-0.4, -0.2) is 22.1 Å². The molecule has 2 N–H and O–H groups in total. The summed E-state index contributed by atoms with van der Waals surface area (Å²) in [6.45, 7) is 4.21. The van der Waals surface area contributed by atoms with Gasteiger partial charge in [0.25, 0.3) is 5.91 Å². The molecule has 0 saturated heterocycles. The molecular weight excluding hydrogens is 226 g/mol. The second kappa shape index (κ2) is 5.67. The lowest BCUT2D eigenvalue weighted by molar-refractivity contribution is 0.0930. The van der Waals surface area contributed by atoms with E-state index < -0.39 is 0 Å². The summed E-state index contributed by atoms with van der Waals surface area (Å²) in [4.78, 5) is 12.2. The van der Waals surface area contributed by atoms with Crippen LogP contribution < -0.4 is 5.32 Å². The van der Waals surface area contributed by atoms with Gasteiger partial charge in [-0.2, -0.15) is 5.10 Å². The van der Waals surface area contributed by atoms with Gasteiger partial charge in [-0.3, -0.25) is 9.89 Å². The quantitative estimate of drug-likeness (QED) is 0.851. The predicted octanol–water partition coefficient (Wildman–Crippen LogP) is 2.87. The van der Waals surface area contributed by atoms with Crippen LogP contribution in [0.2, 0.25) is 0 Å². The van der Waals surface area contributed by atoms with Gasteiger partial charge in [-0.25, -0.2) is 0 Å². The van der Waals surface area contributed by atoms with E-state index in [9.17, 15) is 4.79 Å². The minimum absolute atomic E-state index is 0.0900. The van der Waals surface area contributed by atoms with Crippen LogP contribution in [0, 0.1) is 0 Å². The Balaban J connectivity index is 2.18. The fourth-order valence-corrected chi connectivity index (χ4v) is 2.12. The Kier molecular flexibility index (Phi) is 3.97. The molecule has 0 aliphatic rings. The number of carbonyl (C=O) groups is 1. The number of carbonyl (C=O) groups excluding carboxylic acids is 1. The summed E-state index contributed by atoms with van der Waals surface area (Å²) in [6.07, 6.45) is 3.02. The number of amides is 1. The monoisotopic (exact) mass is 245 g/mol. The van der Waals surface area contributed by atoms with Crippen molar-refractivity contribution < 1.29 is 4.79 Å². The summed E-state index contributed by atoms with van der Waals surface area (Å²) in [7, 11) is 0. The number of aromatic amines is 1. The number of H-pyrrole nitrogens is 1. The number of rotatable bonds is 5. The summed E-state index contributed by atoms with van der Waals surface area (Å²) < 4.78 is 0. The summed E-state index contributed by atoms with van der Waals surface area (Å²) in [5, 5.41) is 10.9. The van der Waals surface area contributed by atoms with Gasteiger partial charge in [0.2, 0.25) is 0 Å². The molecule has 0 aliphatic carbocycles. The number of nitrogens with one attached hydrogen (secondary N) is 2. The summed E-state index contributed by atoms with van der Waals surface area (Å²) >= 11 is 0. The van der Waals surface area contributed by atoms with Crippen molar-refractivity contribution in [1.82, 2.24) is 15.5 Å². The van der Waals surface area contributed by atoms with E-state index in [2.05, 4.69) is 29.4 Å². The highest BCUT2D eigenvalue weighted by atomic mass is 16.2.